The van der Waals surface area contributed by atoms with Crippen molar-refractivity contribution < 1.29 is 8.78 Å². The van der Waals surface area contributed by atoms with Crippen LogP contribution in [-0.2, 0) is 0 Å². The molecule has 0 atom stereocenters. The normalized spacial score (nSPS) is 11.1. The van der Waals surface area contributed by atoms with Gasteiger partial charge in [-0.3, -0.25) is 0 Å². The zero-order valence-electron chi connectivity index (χ0n) is 6.53. The molecule has 0 bridgehead atoms. The largest absolute Gasteiger partial charge is 0.206 e. The van der Waals surface area contributed by atoms with Crippen LogP contribution in [0.25, 0.3) is 6.08 Å². The summed E-state index contributed by atoms with van der Waals surface area (Å²) in [6, 6.07) is 2.00. The minimum absolute atomic E-state index is 0.0299. The molecule has 1 aromatic carbocycles. The van der Waals surface area contributed by atoms with Gasteiger partial charge in [0.2, 0.25) is 0 Å². The van der Waals surface area contributed by atoms with Gasteiger partial charge in [0.05, 0.1) is 5.02 Å². The molecule has 0 heterocycles. The molecule has 1 rings (SSSR count). The Hall–Kier alpha value is -0.600. The van der Waals surface area contributed by atoms with Crippen LogP contribution in [0, 0.1) is 11.6 Å². The van der Waals surface area contributed by atoms with E-state index in [1.54, 1.807) is 0 Å². The third-order valence-electron chi connectivity index (χ3n) is 1.45. The molecular formula is C9H6Cl2F2. The minimum Gasteiger partial charge on any atom is -0.206 e. The van der Waals surface area contributed by atoms with Crippen molar-refractivity contribution >= 4 is 29.3 Å². The van der Waals surface area contributed by atoms with Crippen LogP contribution in [-0.4, -0.2) is 5.88 Å². The van der Waals surface area contributed by atoms with E-state index in [1.807, 2.05) is 0 Å². The molecule has 0 saturated heterocycles. The van der Waals surface area contributed by atoms with Crippen LogP contribution in [0.5, 0.6) is 0 Å². The highest BCUT2D eigenvalue weighted by atomic mass is 35.5. The summed E-state index contributed by atoms with van der Waals surface area (Å²) in [7, 11) is 0. The lowest BCUT2D eigenvalue weighted by Crippen LogP contribution is -1.87. The number of halogens is 4. The molecule has 0 fully saturated rings. The van der Waals surface area contributed by atoms with Gasteiger partial charge in [0, 0.05) is 11.4 Å². The smallest absolute Gasteiger partial charge is 0.142 e. The van der Waals surface area contributed by atoms with E-state index in [0.717, 1.165) is 12.1 Å². The van der Waals surface area contributed by atoms with E-state index in [0.29, 0.717) is 0 Å². The summed E-state index contributed by atoms with van der Waals surface area (Å²) in [6.45, 7) is 0. The Labute approximate surface area is 84.8 Å². The number of allylic oxidation sites excluding steroid dienone is 1. The van der Waals surface area contributed by atoms with Crippen LogP contribution in [0.1, 0.15) is 5.56 Å². The summed E-state index contributed by atoms with van der Waals surface area (Å²) in [5, 5.41) is -0.221. The standard InChI is InChI=1S/C9H6Cl2F2/c10-5-1-2-6-7(12)3-4-8(13)9(6)11/h1-4H,5H2. The molecule has 0 radical (unpaired) electrons. The summed E-state index contributed by atoms with van der Waals surface area (Å²) in [5.41, 5.74) is 0.0299. The lowest BCUT2D eigenvalue weighted by atomic mass is 10.2. The van der Waals surface area contributed by atoms with Gasteiger partial charge in [0.15, 0.2) is 0 Å². The molecule has 1 aromatic rings. The maximum Gasteiger partial charge on any atom is 0.142 e. The lowest BCUT2D eigenvalue weighted by molar-refractivity contribution is 0.598. The molecule has 0 aliphatic rings. The molecule has 0 aromatic heterocycles. The molecule has 0 spiro atoms. The van der Waals surface area contributed by atoms with Gasteiger partial charge in [-0.1, -0.05) is 23.8 Å². The maximum atomic E-state index is 13.0. The monoisotopic (exact) mass is 222 g/mol. The molecule has 0 nitrogen and oxygen atoms in total. The number of hydrogen-bond acceptors (Lipinski definition) is 0. The third kappa shape index (κ3) is 2.42. The summed E-state index contributed by atoms with van der Waals surface area (Å²) < 4.78 is 25.8. The van der Waals surface area contributed by atoms with Crippen molar-refractivity contribution in [2.24, 2.45) is 0 Å². The molecule has 0 N–H and O–H groups in total. The van der Waals surface area contributed by atoms with Crippen LogP contribution in [0.2, 0.25) is 5.02 Å². The zero-order valence-corrected chi connectivity index (χ0v) is 8.04. The molecule has 0 aliphatic heterocycles. The van der Waals surface area contributed by atoms with Crippen LogP contribution in [0.15, 0.2) is 18.2 Å². The molecule has 0 aliphatic carbocycles. The molecule has 0 unspecified atom stereocenters. The van der Waals surface area contributed by atoms with E-state index >= 15 is 0 Å². The highest BCUT2D eigenvalue weighted by molar-refractivity contribution is 6.32. The van der Waals surface area contributed by atoms with Gasteiger partial charge in [-0.15, -0.1) is 11.6 Å². The Kier molecular flexibility index (Phi) is 3.70. The van der Waals surface area contributed by atoms with Crippen molar-refractivity contribution in [1.82, 2.24) is 0 Å². The number of alkyl halides is 1. The summed E-state index contributed by atoms with van der Waals surface area (Å²) in [6.07, 6.45) is 2.85. The van der Waals surface area contributed by atoms with Crippen molar-refractivity contribution in [3.05, 3.63) is 40.4 Å². The SMILES string of the molecule is Fc1ccc(F)c(C=CCCl)c1Cl. The van der Waals surface area contributed by atoms with Crippen molar-refractivity contribution in [2.75, 3.05) is 5.88 Å². The van der Waals surface area contributed by atoms with E-state index in [-0.39, 0.29) is 16.5 Å². The van der Waals surface area contributed by atoms with Gasteiger partial charge < -0.3 is 0 Å². The van der Waals surface area contributed by atoms with Crippen LogP contribution in [0.3, 0.4) is 0 Å². The van der Waals surface area contributed by atoms with E-state index in [2.05, 4.69) is 0 Å². The minimum atomic E-state index is -0.641. The summed E-state index contributed by atoms with van der Waals surface area (Å²) in [4.78, 5) is 0. The first-order valence-corrected chi connectivity index (χ1v) is 4.44. The Balaban J connectivity index is 3.17. The van der Waals surface area contributed by atoms with E-state index in [1.165, 1.54) is 12.2 Å². The van der Waals surface area contributed by atoms with Crippen molar-refractivity contribution in [1.29, 1.82) is 0 Å². The predicted octanol–water partition coefficient (Wildman–Crippen LogP) is 3.87. The first-order valence-electron chi connectivity index (χ1n) is 3.53. The van der Waals surface area contributed by atoms with Gasteiger partial charge >= 0.3 is 0 Å². The second kappa shape index (κ2) is 4.58. The van der Waals surface area contributed by atoms with Gasteiger partial charge in [-0.25, -0.2) is 8.78 Å². The third-order valence-corrected chi connectivity index (χ3v) is 2.02. The fourth-order valence-electron chi connectivity index (χ4n) is 0.858. The number of benzene rings is 1. The van der Waals surface area contributed by atoms with Crippen molar-refractivity contribution in [2.45, 2.75) is 0 Å². The van der Waals surface area contributed by atoms with E-state index in [4.69, 9.17) is 23.2 Å². The van der Waals surface area contributed by atoms with E-state index in [9.17, 15) is 8.78 Å². The maximum absolute atomic E-state index is 13.0. The highest BCUT2D eigenvalue weighted by Gasteiger charge is 2.08. The lowest BCUT2D eigenvalue weighted by Gasteiger charge is -2.00. The Bertz CT molecular complexity index is 335. The topological polar surface area (TPSA) is 0 Å². The zero-order chi connectivity index (χ0) is 9.84. The second-order valence-electron chi connectivity index (χ2n) is 2.31. The quantitative estimate of drug-likeness (QED) is 0.527. The molecule has 70 valence electrons. The van der Waals surface area contributed by atoms with Gasteiger partial charge in [-0.05, 0) is 12.1 Å². The van der Waals surface area contributed by atoms with Crippen LogP contribution < -0.4 is 0 Å². The predicted molar refractivity (Wildman–Crippen MR) is 51.1 cm³/mol. The molecular weight excluding hydrogens is 217 g/mol. The first-order chi connectivity index (χ1) is 6.16. The number of rotatable bonds is 2. The Morgan fingerprint density at radius 1 is 1.23 bits per heavy atom. The Morgan fingerprint density at radius 2 is 1.85 bits per heavy atom. The Morgan fingerprint density at radius 3 is 2.46 bits per heavy atom. The van der Waals surface area contributed by atoms with Crippen molar-refractivity contribution in [3.8, 4) is 0 Å². The van der Waals surface area contributed by atoms with Gasteiger partial charge in [0.25, 0.3) is 0 Å². The van der Waals surface area contributed by atoms with Gasteiger partial charge in [-0.2, -0.15) is 0 Å². The first kappa shape index (κ1) is 10.5. The second-order valence-corrected chi connectivity index (χ2v) is 3.00. The van der Waals surface area contributed by atoms with E-state index < -0.39 is 11.6 Å². The highest BCUT2D eigenvalue weighted by Crippen LogP contribution is 2.23. The fraction of sp³-hybridized carbons (Fsp3) is 0.111. The average Bonchev–Trinajstić information content (AvgIpc) is 2.12. The van der Waals surface area contributed by atoms with Crippen LogP contribution >= 0.6 is 23.2 Å². The average molecular weight is 223 g/mol. The summed E-state index contributed by atoms with van der Waals surface area (Å²) >= 11 is 10.9. The summed E-state index contributed by atoms with van der Waals surface area (Å²) in [5.74, 6) is -0.975. The number of hydrogen-bond donors (Lipinski definition) is 0. The molecule has 13 heavy (non-hydrogen) atoms. The van der Waals surface area contributed by atoms with Gasteiger partial charge in [0.1, 0.15) is 11.6 Å². The molecule has 4 heteroatoms. The molecule has 0 amide bonds. The fourth-order valence-corrected chi connectivity index (χ4v) is 1.16. The molecule has 0 saturated carbocycles. The van der Waals surface area contributed by atoms with Crippen molar-refractivity contribution in [3.63, 3.8) is 0 Å². The van der Waals surface area contributed by atoms with Crippen LogP contribution in [0.4, 0.5) is 8.78 Å².